The van der Waals surface area contributed by atoms with E-state index in [0.717, 1.165) is 65.9 Å². The van der Waals surface area contributed by atoms with E-state index < -0.39 is 11.7 Å². The average molecular weight is 427 g/mol. The predicted molar refractivity (Wildman–Crippen MR) is 120 cm³/mol. The van der Waals surface area contributed by atoms with Crippen LogP contribution in [-0.4, -0.2) is 4.98 Å². The van der Waals surface area contributed by atoms with E-state index in [1.165, 1.54) is 27.8 Å². The van der Waals surface area contributed by atoms with Gasteiger partial charge in [-0.15, -0.1) is 0 Å². The van der Waals surface area contributed by atoms with E-state index in [1.807, 2.05) is 12.1 Å². The number of rotatable bonds is 1. The Bertz CT molecular complexity index is 1350. The van der Waals surface area contributed by atoms with Crippen LogP contribution in [0.3, 0.4) is 0 Å². The van der Waals surface area contributed by atoms with E-state index in [2.05, 4.69) is 36.4 Å². The highest BCUT2D eigenvalue weighted by molar-refractivity contribution is 5.92. The summed E-state index contributed by atoms with van der Waals surface area (Å²) in [5.41, 5.74) is 10.5. The average Bonchev–Trinajstić information content (AvgIpc) is 2.82. The number of nitrogens with zero attached hydrogens (tertiary/aromatic N) is 1. The van der Waals surface area contributed by atoms with E-state index in [-0.39, 0.29) is 0 Å². The first-order valence-corrected chi connectivity index (χ1v) is 10.9. The van der Waals surface area contributed by atoms with Gasteiger partial charge in [-0.2, -0.15) is 13.2 Å². The van der Waals surface area contributed by atoms with Gasteiger partial charge in [-0.05, 0) is 65.6 Å². The van der Waals surface area contributed by atoms with E-state index in [9.17, 15) is 13.2 Å². The summed E-state index contributed by atoms with van der Waals surface area (Å²) in [7, 11) is 0. The molecule has 2 aliphatic rings. The first-order chi connectivity index (χ1) is 15.5. The molecule has 0 radical (unpaired) electrons. The largest absolute Gasteiger partial charge is 0.416 e. The van der Waals surface area contributed by atoms with E-state index in [1.54, 1.807) is 12.1 Å². The van der Waals surface area contributed by atoms with Crippen LogP contribution in [0.15, 0.2) is 72.8 Å². The molecule has 1 heterocycles. The van der Waals surface area contributed by atoms with Crippen molar-refractivity contribution >= 4 is 0 Å². The highest BCUT2D eigenvalue weighted by Crippen LogP contribution is 2.47. The third-order valence-corrected chi connectivity index (χ3v) is 6.71. The molecule has 3 aromatic carbocycles. The Labute approximate surface area is 184 Å². The minimum atomic E-state index is -4.35. The number of hydrogen-bond acceptors (Lipinski definition) is 1. The summed E-state index contributed by atoms with van der Waals surface area (Å²) < 4.78 is 39.4. The van der Waals surface area contributed by atoms with Gasteiger partial charge in [0, 0.05) is 22.4 Å². The molecule has 0 unspecified atom stereocenters. The summed E-state index contributed by atoms with van der Waals surface area (Å²) in [6, 6.07) is 22.3. The maximum atomic E-state index is 13.1. The summed E-state index contributed by atoms with van der Waals surface area (Å²) in [6.45, 7) is 0. The Morgan fingerprint density at radius 3 is 1.88 bits per heavy atom. The summed E-state index contributed by atoms with van der Waals surface area (Å²) >= 11 is 0. The normalized spacial score (nSPS) is 14.2. The number of aryl methyl sites for hydroxylation is 3. The number of aromatic nitrogens is 1. The molecule has 0 spiro atoms. The van der Waals surface area contributed by atoms with E-state index in [0.29, 0.717) is 0 Å². The van der Waals surface area contributed by atoms with Crippen LogP contribution in [0.4, 0.5) is 13.2 Å². The van der Waals surface area contributed by atoms with Crippen molar-refractivity contribution in [3.63, 3.8) is 0 Å². The number of alkyl halides is 3. The molecule has 0 fully saturated rings. The van der Waals surface area contributed by atoms with Gasteiger partial charge in [-0.1, -0.05) is 60.7 Å². The lowest BCUT2D eigenvalue weighted by Crippen LogP contribution is -2.15. The second kappa shape index (κ2) is 7.06. The van der Waals surface area contributed by atoms with Crippen LogP contribution in [0.1, 0.15) is 27.9 Å². The zero-order valence-corrected chi connectivity index (χ0v) is 17.3. The fraction of sp³-hybridized carbons (Fsp3) is 0.179. The van der Waals surface area contributed by atoms with Crippen LogP contribution in [-0.2, 0) is 31.9 Å². The van der Waals surface area contributed by atoms with Crippen molar-refractivity contribution < 1.29 is 13.2 Å². The number of fused-ring (bicyclic) bond motifs is 7. The molecule has 1 aromatic heterocycles. The van der Waals surface area contributed by atoms with Crippen molar-refractivity contribution in [1.82, 2.24) is 4.98 Å². The summed E-state index contributed by atoms with van der Waals surface area (Å²) in [6.07, 6.45) is -0.724. The van der Waals surface area contributed by atoms with Crippen LogP contribution in [0.25, 0.3) is 33.5 Å². The van der Waals surface area contributed by atoms with Gasteiger partial charge in [0.25, 0.3) is 0 Å². The quantitative estimate of drug-likeness (QED) is 0.311. The Balaban J connectivity index is 1.64. The van der Waals surface area contributed by atoms with Gasteiger partial charge in [-0.25, -0.2) is 0 Å². The zero-order valence-electron chi connectivity index (χ0n) is 17.3. The lowest BCUT2D eigenvalue weighted by Gasteiger charge is -2.30. The molecular weight excluding hydrogens is 407 g/mol. The number of hydrogen-bond donors (Lipinski definition) is 0. The highest BCUT2D eigenvalue weighted by atomic mass is 19.4. The molecule has 0 atom stereocenters. The van der Waals surface area contributed by atoms with Gasteiger partial charge in [0.1, 0.15) is 0 Å². The van der Waals surface area contributed by atoms with E-state index in [4.69, 9.17) is 4.98 Å². The summed E-state index contributed by atoms with van der Waals surface area (Å²) in [5, 5.41) is 0. The topological polar surface area (TPSA) is 12.9 Å². The van der Waals surface area contributed by atoms with Gasteiger partial charge in [0.05, 0.1) is 11.3 Å². The molecule has 1 nitrogen and oxygen atoms in total. The number of benzene rings is 3. The van der Waals surface area contributed by atoms with Crippen LogP contribution in [0.2, 0.25) is 0 Å². The molecule has 6 rings (SSSR count). The van der Waals surface area contributed by atoms with Crippen molar-refractivity contribution in [1.29, 1.82) is 0 Å². The molecule has 158 valence electrons. The maximum absolute atomic E-state index is 13.1. The Morgan fingerprint density at radius 2 is 1.22 bits per heavy atom. The molecule has 0 aliphatic heterocycles. The Morgan fingerprint density at radius 1 is 0.625 bits per heavy atom. The standard InChI is InChI=1S/C28H20F3N/c29-28(30,31)20-13-9-19(10-14-20)27-26-22-8-4-2-5-17(22)11-15-23(26)25-21-7-3-1-6-18(21)12-16-24(25)32-27/h1-10,13-14H,11-12,15-16H2. The van der Waals surface area contributed by atoms with Crippen molar-refractivity contribution in [2.24, 2.45) is 0 Å². The highest BCUT2D eigenvalue weighted by Gasteiger charge is 2.32. The third-order valence-electron chi connectivity index (χ3n) is 6.71. The number of pyridine rings is 1. The molecule has 4 heteroatoms. The molecule has 0 saturated heterocycles. The molecule has 0 N–H and O–H groups in total. The Kier molecular flexibility index (Phi) is 4.26. The monoisotopic (exact) mass is 427 g/mol. The predicted octanol–water partition coefficient (Wildman–Crippen LogP) is 7.30. The molecular formula is C28H20F3N. The number of halogens is 3. The second-order valence-corrected chi connectivity index (χ2v) is 8.53. The molecule has 2 aliphatic carbocycles. The first-order valence-electron chi connectivity index (χ1n) is 10.9. The van der Waals surface area contributed by atoms with Crippen molar-refractivity contribution in [3.8, 4) is 33.5 Å². The minimum absolute atomic E-state index is 0.637. The van der Waals surface area contributed by atoms with Crippen LogP contribution in [0, 0.1) is 0 Å². The van der Waals surface area contributed by atoms with Gasteiger partial charge in [-0.3, -0.25) is 4.98 Å². The molecule has 32 heavy (non-hydrogen) atoms. The SMILES string of the molecule is FC(F)(F)c1ccc(-c2nc3c(c4c2-c2ccccc2CC4)-c2ccccc2CC3)cc1. The van der Waals surface area contributed by atoms with Gasteiger partial charge in [0.15, 0.2) is 0 Å². The molecule has 0 saturated carbocycles. The second-order valence-electron chi connectivity index (χ2n) is 8.53. The summed E-state index contributed by atoms with van der Waals surface area (Å²) in [5.74, 6) is 0. The lowest BCUT2D eigenvalue weighted by atomic mass is 9.76. The van der Waals surface area contributed by atoms with Crippen molar-refractivity contribution in [3.05, 3.63) is 101 Å². The lowest BCUT2D eigenvalue weighted by molar-refractivity contribution is -0.137. The van der Waals surface area contributed by atoms with E-state index >= 15 is 0 Å². The fourth-order valence-electron chi connectivity index (χ4n) is 5.23. The molecule has 0 amide bonds. The fourth-order valence-corrected chi connectivity index (χ4v) is 5.23. The Hall–Kier alpha value is -3.40. The van der Waals surface area contributed by atoms with Crippen LogP contribution in [0.5, 0.6) is 0 Å². The first kappa shape index (κ1) is 19.3. The van der Waals surface area contributed by atoms with Crippen LogP contribution < -0.4 is 0 Å². The van der Waals surface area contributed by atoms with Gasteiger partial charge in [0.2, 0.25) is 0 Å². The van der Waals surface area contributed by atoms with Gasteiger partial charge >= 0.3 is 6.18 Å². The molecule has 4 aromatic rings. The third kappa shape index (κ3) is 2.97. The minimum Gasteiger partial charge on any atom is -0.252 e. The molecule has 0 bridgehead atoms. The van der Waals surface area contributed by atoms with Crippen molar-refractivity contribution in [2.75, 3.05) is 0 Å². The van der Waals surface area contributed by atoms with Gasteiger partial charge < -0.3 is 0 Å². The van der Waals surface area contributed by atoms with Crippen molar-refractivity contribution in [2.45, 2.75) is 31.9 Å². The summed E-state index contributed by atoms with van der Waals surface area (Å²) in [4.78, 5) is 5.11. The maximum Gasteiger partial charge on any atom is 0.416 e. The van der Waals surface area contributed by atoms with Crippen LogP contribution >= 0.6 is 0 Å². The smallest absolute Gasteiger partial charge is 0.252 e. The zero-order chi connectivity index (χ0) is 21.9.